The number of benzene rings is 6. The summed E-state index contributed by atoms with van der Waals surface area (Å²) < 4.78 is 88.3. The van der Waals surface area contributed by atoms with Gasteiger partial charge in [0.15, 0.2) is 34.5 Å². The minimum absolute atomic E-state index is 0.120. The molecule has 1 fully saturated rings. The van der Waals surface area contributed by atoms with E-state index in [9.17, 15) is 28.8 Å². The van der Waals surface area contributed by atoms with E-state index in [-0.39, 0.29) is 54.2 Å². The van der Waals surface area contributed by atoms with Crippen LogP contribution in [0.5, 0.6) is 69.0 Å². The smallest absolute Gasteiger partial charge is 0.415 e. The molecule has 1 saturated heterocycles. The van der Waals surface area contributed by atoms with Crippen LogP contribution in [0, 0.1) is 0 Å². The van der Waals surface area contributed by atoms with E-state index in [2.05, 4.69) is 26.3 Å². The summed E-state index contributed by atoms with van der Waals surface area (Å²) in [7, 11) is 17.7. The number of carbonyl (C=O) groups is 6. The van der Waals surface area contributed by atoms with Crippen LogP contribution in [-0.4, -0.2) is 168 Å². The minimum atomic E-state index is -0.605. The maximum absolute atomic E-state index is 13.0. The van der Waals surface area contributed by atoms with Gasteiger partial charge in [0.1, 0.15) is 34.5 Å². The Hall–Kier alpha value is -14.7. The maximum atomic E-state index is 13.0. The number of furan rings is 3. The molecule has 3 aliphatic carbocycles. The lowest BCUT2D eigenvalue weighted by Crippen LogP contribution is -2.42. The van der Waals surface area contributed by atoms with Crippen LogP contribution < -0.4 is 78.1 Å². The molecule has 0 spiro atoms. The lowest BCUT2D eigenvalue weighted by molar-refractivity contribution is -0.121. The Labute approximate surface area is 730 Å². The average molecular weight is 1720 g/mol. The van der Waals surface area contributed by atoms with Gasteiger partial charge < -0.3 is 106 Å². The fourth-order valence-electron chi connectivity index (χ4n) is 14.6. The highest BCUT2D eigenvalue weighted by Crippen LogP contribution is 2.51. The van der Waals surface area contributed by atoms with Crippen LogP contribution in [0.15, 0.2) is 201 Å². The van der Waals surface area contributed by atoms with Gasteiger partial charge in [-0.15, -0.1) is 0 Å². The minimum Gasteiger partial charge on any atom is -0.497 e. The van der Waals surface area contributed by atoms with Gasteiger partial charge in [0.25, 0.3) is 0 Å². The summed E-state index contributed by atoms with van der Waals surface area (Å²) >= 11 is 0. The second-order valence-electron chi connectivity index (χ2n) is 29.3. The monoisotopic (exact) mass is 1720 g/mol. The van der Waals surface area contributed by atoms with E-state index >= 15 is 0 Å². The number of nitrogens with one attached hydrogen (secondary N) is 4. The number of ether oxygens (including phenoxy) is 13. The van der Waals surface area contributed by atoms with Crippen molar-refractivity contribution in [2.24, 2.45) is 0 Å². The van der Waals surface area contributed by atoms with Crippen molar-refractivity contribution >= 4 is 87.5 Å². The number of nitrogens with zero attached hydrogens (tertiary/aromatic N) is 3. The summed E-state index contributed by atoms with van der Waals surface area (Å²) in [5.74, 6) is 5.79. The molecule has 0 unspecified atom stereocenters. The molecule has 126 heavy (non-hydrogen) atoms. The molecule has 0 saturated carbocycles. The number of allylic oxidation sites excluding steroid dienone is 6. The van der Waals surface area contributed by atoms with Crippen LogP contribution in [0.3, 0.4) is 0 Å². The van der Waals surface area contributed by atoms with Crippen molar-refractivity contribution in [3.63, 3.8) is 0 Å². The quantitative estimate of drug-likeness (QED) is 0.0232. The largest absolute Gasteiger partial charge is 0.497 e. The molecule has 14 rings (SSSR count). The average Bonchev–Trinajstić information content (AvgIpc) is 1.62. The molecular formula is C97H101N7O22. The third kappa shape index (κ3) is 22.2. The highest BCUT2D eigenvalue weighted by atomic mass is 16.6. The zero-order valence-electron chi connectivity index (χ0n) is 72.7. The van der Waals surface area contributed by atoms with Gasteiger partial charge in [-0.3, -0.25) is 19.4 Å². The molecular weight excluding hydrogens is 1620 g/mol. The summed E-state index contributed by atoms with van der Waals surface area (Å²) in [6.45, 7) is 9.85. The zero-order valence-corrected chi connectivity index (χ0v) is 72.7. The summed E-state index contributed by atoms with van der Waals surface area (Å²) in [6, 6.07) is 42.2. The number of methoxy groups -OCH3 is 9. The maximum Gasteiger partial charge on any atom is 0.415 e. The van der Waals surface area contributed by atoms with E-state index in [1.165, 1.54) is 48.9 Å². The molecule has 29 heteroatoms. The van der Waals surface area contributed by atoms with E-state index < -0.39 is 18.2 Å². The van der Waals surface area contributed by atoms with Crippen molar-refractivity contribution in [3.05, 3.63) is 260 Å². The molecule has 5 amide bonds. The van der Waals surface area contributed by atoms with Crippen LogP contribution >= 0.6 is 0 Å². The normalized spacial score (nSPS) is 13.9. The van der Waals surface area contributed by atoms with E-state index in [1.807, 2.05) is 131 Å². The van der Waals surface area contributed by atoms with Crippen molar-refractivity contribution in [3.8, 4) is 69.0 Å². The molecule has 0 radical (unpaired) electrons. The Kier molecular flexibility index (Phi) is 30.8. The highest BCUT2D eigenvalue weighted by molar-refractivity contribution is 6.11. The summed E-state index contributed by atoms with van der Waals surface area (Å²) in [5, 5.41) is 11.5. The highest BCUT2D eigenvalue weighted by Gasteiger charge is 2.32. The van der Waals surface area contributed by atoms with Gasteiger partial charge in [-0.25, -0.2) is 14.4 Å². The van der Waals surface area contributed by atoms with Crippen molar-refractivity contribution < 1.29 is 104 Å². The molecule has 4 aromatic heterocycles. The number of hydrogen-bond acceptors (Lipinski definition) is 24. The Morgan fingerprint density at radius 1 is 0.421 bits per heavy atom. The molecule has 4 aliphatic rings. The number of esters is 1. The Balaban J connectivity index is 0.000000172. The molecule has 5 heterocycles. The Bertz CT molecular complexity index is 5720. The first-order chi connectivity index (χ1) is 61.1. The van der Waals surface area contributed by atoms with Gasteiger partial charge in [-0.05, 0) is 275 Å². The molecule has 0 atom stereocenters. The topological polar surface area (TPSA) is 329 Å². The molecule has 0 bridgehead atoms. The second kappa shape index (κ2) is 42.9. The SMILES string of the molecule is COc1ccc2c(c1)C(CC(=O)NCc1ccco1)=C(C)/C2=C/c1cc(OC)c(OC(=O)N2CCOCC2)c(OC)c1.COc1ccc2c(c1)C(CC(=O)NCc1ccco1)=C(C)/C2=C/c1cc(OC)c(OC(=O)NCCN(C)C)c(OC)c1.COc1ccc2c(c1)C(CC(=O)NCc1ccco1)=C(C)/C2=C/c1cc(OC)c(OC(=O)c2cccnc2)c(OC)c1. The number of fused-ring (bicyclic) bond motifs is 3. The molecule has 10 aromatic rings. The Morgan fingerprint density at radius 3 is 1.10 bits per heavy atom. The first-order valence-electron chi connectivity index (χ1n) is 40.3. The standard InChI is InChI=1S/C33H30N2O7.C32H37N3O7.C32H34N2O8/c1-20-26(13-21-14-29(39-3)32(30(15-21)40-4)42-33(37)22-7-5-11-34-18-22)25-10-9-23(38-2)16-28(25)27(20)17-31(36)35-19-24-8-6-12-41-24;1-20-25(14-21-15-28(39-5)31(29(16-21)40-6)42-32(37)33-11-12-35(2)3)24-10-9-22(38-4)17-27(24)26(20)18-30(36)34-19-23-8-7-13-41-23;1-20-25(14-21-15-28(38-3)31(29(16-21)39-4)42-32(36)34-9-12-40-13-10-34)24-8-7-22(37-2)17-27(24)26(20)18-30(35)33-19-23-6-5-11-41-23/h5-16,18H,17,19H2,1-4H3,(H,35,36);7-10,13-17H,11-12,18-19H2,1-6H3,(H,33,37)(H,34,36);5-8,11,14-17H,9-10,12-13,18-19H2,1-4H3,(H,33,35)/b26-13-;2*25-14-. The predicted octanol–water partition coefficient (Wildman–Crippen LogP) is 16.1. The number of hydrogen-bond donors (Lipinski definition) is 4. The van der Waals surface area contributed by atoms with Crippen LogP contribution in [0.2, 0.25) is 0 Å². The van der Waals surface area contributed by atoms with Crippen molar-refractivity contribution in [1.29, 1.82) is 0 Å². The van der Waals surface area contributed by atoms with Gasteiger partial charge in [0, 0.05) is 38.6 Å². The summed E-state index contributed by atoms with van der Waals surface area (Å²) in [6.07, 6.45) is 13.2. The van der Waals surface area contributed by atoms with Crippen LogP contribution in [0.4, 0.5) is 9.59 Å². The first-order valence-corrected chi connectivity index (χ1v) is 40.3. The third-order valence-corrected chi connectivity index (χ3v) is 21.2. The lowest BCUT2D eigenvalue weighted by Gasteiger charge is -2.26. The first kappa shape index (κ1) is 90.5. The van der Waals surface area contributed by atoms with Crippen LogP contribution in [0.1, 0.15) is 118 Å². The number of morpholine rings is 1. The van der Waals surface area contributed by atoms with Crippen LogP contribution in [0.25, 0.3) is 51.7 Å². The van der Waals surface area contributed by atoms with Gasteiger partial charge in [0.05, 0.1) is 140 Å². The molecule has 6 aromatic carbocycles. The van der Waals surface area contributed by atoms with Gasteiger partial charge in [-0.2, -0.15) is 0 Å². The van der Waals surface area contributed by atoms with Crippen molar-refractivity contribution in [1.82, 2.24) is 36.1 Å². The number of rotatable bonds is 31. The molecule has 29 nitrogen and oxygen atoms in total. The predicted molar refractivity (Wildman–Crippen MR) is 475 cm³/mol. The Morgan fingerprint density at radius 2 is 0.778 bits per heavy atom. The molecule has 656 valence electrons. The van der Waals surface area contributed by atoms with E-state index in [0.717, 1.165) is 100 Å². The third-order valence-electron chi connectivity index (χ3n) is 21.2. The summed E-state index contributed by atoms with van der Waals surface area (Å²) in [4.78, 5) is 84.3. The number of likely N-dealkylation sites (N-methyl/N-ethyl adjacent to an activating group) is 1. The summed E-state index contributed by atoms with van der Waals surface area (Å²) in [5.41, 5.74) is 16.7. The second-order valence-corrected chi connectivity index (χ2v) is 29.3. The number of amides is 5. The van der Waals surface area contributed by atoms with Gasteiger partial charge in [0.2, 0.25) is 35.0 Å². The van der Waals surface area contributed by atoms with Crippen molar-refractivity contribution in [2.75, 3.05) is 117 Å². The van der Waals surface area contributed by atoms with Gasteiger partial charge in [-0.1, -0.05) is 18.2 Å². The fraction of sp³-hybridized carbons (Fsp3) is 0.268. The molecule has 4 N–H and O–H groups in total. The van der Waals surface area contributed by atoms with E-state index in [0.29, 0.717) is 134 Å². The van der Waals surface area contributed by atoms with Crippen LogP contribution in [-0.2, 0) is 38.8 Å². The lowest BCUT2D eigenvalue weighted by atomic mass is 10.00. The number of aromatic nitrogens is 1. The van der Waals surface area contributed by atoms with Crippen molar-refractivity contribution in [2.45, 2.75) is 59.7 Å². The zero-order chi connectivity index (χ0) is 89.5. The number of pyridine rings is 1. The van der Waals surface area contributed by atoms with Gasteiger partial charge >= 0.3 is 18.2 Å². The fourth-order valence-corrected chi connectivity index (χ4v) is 14.6. The van der Waals surface area contributed by atoms with E-state index in [4.69, 9.17) is 74.8 Å². The number of carbonyl (C=O) groups excluding carboxylic acids is 6. The van der Waals surface area contributed by atoms with E-state index in [1.54, 1.807) is 118 Å². The molecule has 1 aliphatic heterocycles.